The number of amides is 2. The summed E-state index contributed by atoms with van der Waals surface area (Å²) in [5.74, 6) is -0.0524. The molecule has 1 aromatic rings. The van der Waals surface area contributed by atoms with E-state index in [0.29, 0.717) is 24.5 Å². The number of carbonyl (C=O) groups excluding carboxylic acids is 2. The molecule has 1 fully saturated rings. The van der Waals surface area contributed by atoms with Crippen LogP contribution in [-0.4, -0.2) is 42.4 Å². The lowest BCUT2D eigenvalue weighted by atomic mass is 10.0. The molecule has 0 aromatic carbocycles. The van der Waals surface area contributed by atoms with Crippen LogP contribution in [0.3, 0.4) is 0 Å². The molecule has 2 rings (SSSR count). The Hall–Kier alpha value is -1.40. The molecule has 2 heterocycles. The van der Waals surface area contributed by atoms with Crippen molar-refractivity contribution in [3.63, 3.8) is 0 Å². The zero-order valence-electron chi connectivity index (χ0n) is 12.2. The van der Waals surface area contributed by atoms with Crippen molar-refractivity contribution in [3.8, 4) is 0 Å². The van der Waals surface area contributed by atoms with E-state index in [9.17, 15) is 9.59 Å². The van der Waals surface area contributed by atoms with Crippen molar-refractivity contribution in [2.75, 3.05) is 19.6 Å². The summed E-state index contributed by atoms with van der Waals surface area (Å²) in [6.45, 7) is 1.94. The monoisotopic (exact) mass is 309 g/mol. The molecule has 0 saturated carbocycles. The van der Waals surface area contributed by atoms with Gasteiger partial charge in [-0.2, -0.15) is 0 Å². The molecule has 5 nitrogen and oxygen atoms in total. The smallest absolute Gasteiger partial charge is 0.264 e. The van der Waals surface area contributed by atoms with Crippen LogP contribution in [0.4, 0.5) is 0 Å². The Balaban J connectivity index is 1.95. The molecule has 1 unspecified atom stereocenters. The van der Waals surface area contributed by atoms with Crippen molar-refractivity contribution in [2.45, 2.75) is 38.1 Å². The molecule has 1 atom stereocenters. The van der Waals surface area contributed by atoms with E-state index in [1.165, 1.54) is 11.3 Å². The van der Waals surface area contributed by atoms with Gasteiger partial charge < -0.3 is 16.0 Å². The molecule has 1 aromatic heterocycles. The number of nitrogens with one attached hydrogen (secondary N) is 1. The number of piperidine rings is 1. The highest BCUT2D eigenvalue weighted by Crippen LogP contribution is 2.21. The number of nitrogens with zero attached hydrogens (tertiary/aromatic N) is 1. The number of hydrogen-bond acceptors (Lipinski definition) is 4. The summed E-state index contributed by atoms with van der Waals surface area (Å²) in [7, 11) is 0. The van der Waals surface area contributed by atoms with E-state index in [-0.39, 0.29) is 17.9 Å². The Kier molecular flexibility index (Phi) is 6.20. The van der Waals surface area contributed by atoms with Crippen molar-refractivity contribution in [1.82, 2.24) is 10.2 Å². The van der Waals surface area contributed by atoms with Gasteiger partial charge in [0, 0.05) is 13.1 Å². The van der Waals surface area contributed by atoms with Gasteiger partial charge in [0.1, 0.15) is 6.04 Å². The van der Waals surface area contributed by atoms with E-state index >= 15 is 0 Å². The topological polar surface area (TPSA) is 75.4 Å². The number of thiophene rings is 1. The van der Waals surface area contributed by atoms with Crippen molar-refractivity contribution in [1.29, 1.82) is 0 Å². The van der Waals surface area contributed by atoms with Crippen LogP contribution >= 0.6 is 11.3 Å². The summed E-state index contributed by atoms with van der Waals surface area (Å²) >= 11 is 1.43. The lowest BCUT2D eigenvalue weighted by Crippen LogP contribution is -2.51. The maximum absolute atomic E-state index is 12.5. The van der Waals surface area contributed by atoms with Crippen molar-refractivity contribution in [3.05, 3.63) is 22.4 Å². The molecule has 1 aliphatic rings. The molecule has 6 heteroatoms. The van der Waals surface area contributed by atoms with E-state index in [2.05, 4.69) is 5.32 Å². The summed E-state index contributed by atoms with van der Waals surface area (Å²) in [5.41, 5.74) is 5.44. The Labute approximate surface area is 129 Å². The molecular formula is C15H23N3O2S. The molecule has 3 N–H and O–H groups in total. The van der Waals surface area contributed by atoms with Crippen LogP contribution in [0, 0.1) is 0 Å². The molecule has 0 radical (unpaired) electrons. The van der Waals surface area contributed by atoms with Crippen LogP contribution < -0.4 is 11.1 Å². The van der Waals surface area contributed by atoms with Gasteiger partial charge in [0.2, 0.25) is 5.91 Å². The highest BCUT2D eigenvalue weighted by molar-refractivity contribution is 7.12. The zero-order valence-corrected chi connectivity index (χ0v) is 13.0. The fourth-order valence-corrected chi connectivity index (χ4v) is 3.27. The Morgan fingerprint density at radius 1 is 1.38 bits per heavy atom. The normalized spacial score (nSPS) is 18.5. The van der Waals surface area contributed by atoms with Crippen LogP contribution in [0.2, 0.25) is 0 Å². The Bertz CT molecular complexity index is 461. The van der Waals surface area contributed by atoms with Gasteiger partial charge in [-0.3, -0.25) is 9.59 Å². The van der Waals surface area contributed by atoms with Gasteiger partial charge in [-0.15, -0.1) is 11.3 Å². The minimum absolute atomic E-state index is 0.0215. The maximum Gasteiger partial charge on any atom is 0.264 e. The molecule has 1 saturated heterocycles. The molecule has 21 heavy (non-hydrogen) atoms. The molecule has 0 spiro atoms. The maximum atomic E-state index is 12.5. The Morgan fingerprint density at radius 3 is 2.95 bits per heavy atom. The van der Waals surface area contributed by atoms with Crippen LogP contribution in [0.25, 0.3) is 0 Å². The molecule has 0 aliphatic carbocycles. The van der Waals surface area contributed by atoms with Gasteiger partial charge in [0.15, 0.2) is 0 Å². The van der Waals surface area contributed by atoms with E-state index in [0.717, 1.165) is 32.1 Å². The molecular weight excluding hydrogens is 286 g/mol. The first-order valence-corrected chi connectivity index (χ1v) is 8.44. The standard InChI is InChI=1S/C15H23N3O2S/c16-8-2-3-9-17-14(19)12-6-1-4-10-18(12)15(20)13-7-5-11-21-13/h5,7,11-12H,1-4,6,8-10,16H2,(H,17,19). The fraction of sp³-hybridized carbons (Fsp3) is 0.600. The highest BCUT2D eigenvalue weighted by atomic mass is 32.1. The SMILES string of the molecule is NCCCCNC(=O)C1CCCCN1C(=O)c1cccs1. The van der Waals surface area contributed by atoms with Gasteiger partial charge in [0.05, 0.1) is 4.88 Å². The van der Waals surface area contributed by atoms with Crippen molar-refractivity contribution in [2.24, 2.45) is 5.73 Å². The summed E-state index contributed by atoms with van der Waals surface area (Å²) in [5, 5.41) is 4.82. The van der Waals surface area contributed by atoms with Crippen molar-refractivity contribution < 1.29 is 9.59 Å². The van der Waals surface area contributed by atoms with Gasteiger partial charge in [-0.1, -0.05) is 6.07 Å². The second-order valence-corrected chi connectivity index (χ2v) is 6.22. The minimum atomic E-state index is -0.328. The van der Waals surface area contributed by atoms with Gasteiger partial charge in [-0.25, -0.2) is 0 Å². The molecule has 1 aliphatic heterocycles. The number of nitrogens with two attached hydrogens (primary N) is 1. The van der Waals surface area contributed by atoms with Crippen LogP contribution in [0.15, 0.2) is 17.5 Å². The van der Waals surface area contributed by atoms with Gasteiger partial charge >= 0.3 is 0 Å². The summed E-state index contributed by atoms with van der Waals surface area (Å²) in [6.07, 6.45) is 4.50. The first-order chi connectivity index (χ1) is 10.2. The lowest BCUT2D eigenvalue weighted by Gasteiger charge is -2.34. The van der Waals surface area contributed by atoms with Gasteiger partial charge in [-0.05, 0) is 50.1 Å². The zero-order chi connectivity index (χ0) is 15.1. The van der Waals surface area contributed by atoms with E-state index in [4.69, 9.17) is 5.73 Å². The quantitative estimate of drug-likeness (QED) is 0.784. The minimum Gasteiger partial charge on any atom is -0.354 e. The fourth-order valence-electron chi connectivity index (χ4n) is 2.59. The third kappa shape index (κ3) is 4.28. The van der Waals surface area contributed by atoms with E-state index in [1.54, 1.807) is 4.90 Å². The predicted molar refractivity (Wildman–Crippen MR) is 84.3 cm³/mol. The average molecular weight is 309 g/mol. The average Bonchev–Trinajstić information content (AvgIpc) is 3.05. The second kappa shape index (κ2) is 8.14. The summed E-state index contributed by atoms with van der Waals surface area (Å²) in [6, 6.07) is 3.35. The molecule has 0 bridgehead atoms. The number of carbonyl (C=O) groups is 2. The lowest BCUT2D eigenvalue weighted by molar-refractivity contribution is -0.126. The van der Waals surface area contributed by atoms with Gasteiger partial charge in [0.25, 0.3) is 5.91 Å². The largest absolute Gasteiger partial charge is 0.354 e. The predicted octanol–water partition coefficient (Wildman–Crippen LogP) is 1.60. The van der Waals surface area contributed by atoms with Crippen LogP contribution in [-0.2, 0) is 4.79 Å². The third-order valence-corrected chi connectivity index (χ3v) is 4.59. The molecule has 116 valence electrons. The summed E-state index contributed by atoms with van der Waals surface area (Å²) < 4.78 is 0. The summed E-state index contributed by atoms with van der Waals surface area (Å²) in [4.78, 5) is 27.2. The first-order valence-electron chi connectivity index (χ1n) is 7.56. The first kappa shape index (κ1) is 16.0. The number of likely N-dealkylation sites (tertiary alicyclic amines) is 1. The van der Waals surface area contributed by atoms with Crippen LogP contribution in [0.5, 0.6) is 0 Å². The van der Waals surface area contributed by atoms with Crippen molar-refractivity contribution >= 4 is 23.2 Å². The highest BCUT2D eigenvalue weighted by Gasteiger charge is 2.32. The van der Waals surface area contributed by atoms with E-state index < -0.39 is 0 Å². The Morgan fingerprint density at radius 2 is 2.24 bits per heavy atom. The number of hydrogen-bond donors (Lipinski definition) is 2. The van der Waals surface area contributed by atoms with E-state index in [1.807, 2.05) is 17.5 Å². The second-order valence-electron chi connectivity index (χ2n) is 5.27. The third-order valence-electron chi connectivity index (χ3n) is 3.73. The van der Waals surface area contributed by atoms with Crippen LogP contribution in [0.1, 0.15) is 41.8 Å². The molecule has 2 amide bonds. The number of rotatable bonds is 6. The number of unbranched alkanes of at least 4 members (excludes halogenated alkanes) is 1.